The van der Waals surface area contributed by atoms with E-state index in [4.69, 9.17) is 9.05 Å². The molecule has 9 heteroatoms. The number of carbonyl (C=O) groups is 1. The van der Waals surface area contributed by atoms with Crippen LogP contribution in [0.25, 0.3) is 0 Å². The van der Waals surface area contributed by atoms with E-state index in [1.807, 2.05) is 27.2 Å². The second-order valence-electron chi connectivity index (χ2n) is 18.2. The number of nitrogens with zero attached hydrogens (tertiary/aromatic N) is 1. The lowest BCUT2D eigenvalue weighted by Gasteiger charge is -2.25. The zero-order valence-corrected chi connectivity index (χ0v) is 40.4. The number of hydrogen-bond acceptors (Lipinski definition) is 5. The van der Waals surface area contributed by atoms with Crippen LogP contribution in [-0.2, 0) is 18.4 Å². The van der Waals surface area contributed by atoms with E-state index in [0.717, 1.165) is 44.9 Å². The van der Waals surface area contributed by atoms with Gasteiger partial charge >= 0.3 is 7.82 Å². The van der Waals surface area contributed by atoms with Crippen molar-refractivity contribution >= 4 is 13.7 Å². The summed E-state index contributed by atoms with van der Waals surface area (Å²) in [6.45, 7) is 4.79. The Labute approximate surface area is 366 Å². The summed E-state index contributed by atoms with van der Waals surface area (Å²) < 4.78 is 23.5. The normalized spacial score (nSPS) is 14.5. The minimum absolute atomic E-state index is 0.0619. The molecular weight excluding hydrogens is 756 g/mol. The maximum Gasteiger partial charge on any atom is 0.472 e. The summed E-state index contributed by atoms with van der Waals surface area (Å²) in [4.78, 5) is 23.1. The third kappa shape index (κ3) is 44.6. The molecule has 0 aromatic carbocycles. The molecule has 0 saturated heterocycles. The number of hydrogen-bond donors (Lipinski definition) is 3. The Bertz CT molecular complexity index is 1060. The van der Waals surface area contributed by atoms with E-state index in [9.17, 15) is 19.4 Å². The number of phosphoric ester groups is 1. The lowest BCUT2D eigenvalue weighted by molar-refractivity contribution is -0.870. The highest BCUT2D eigenvalue weighted by Gasteiger charge is 2.27. The molecular formula is C50H98N2O6P+. The highest BCUT2D eigenvalue weighted by atomic mass is 31.2. The summed E-state index contributed by atoms with van der Waals surface area (Å²) in [5.41, 5.74) is 0. The second kappa shape index (κ2) is 42.0. The number of amides is 1. The van der Waals surface area contributed by atoms with E-state index in [1.54, 1.807) is 6.08 Å². The summed E-state index contributed by atoms with van der Waals surface area (Å²) >= 11 is 0. The van der Waals surface area contributed by atoms with Gasteiger partial charge in [-0.05, 0) is 51.4 Å². The van der Waals surface area contributed by atoms with Crippen LogP contribution < -0.4 is 5.32 Å². The summed E-state index contributed by atoms with van der Waals surface area (Å²) in [7, 11) is 1.57. The van der Waals surface area contributed by atoms with Crippen LogP contribution in [0.5, 0.6) is 0 Å². The molecule has 3 N–H and O–H groups in total. The lowest BCUT2D eigenvalue weighted by atomic mass is 10.0. The first-order valence-corrected chi connectivity index (χ1v) is 26.4. The maximum atomic E-state index is 12.9. The van der Waals surface area contributed by atoms with Gasteiger partial charge in [-0.3, -0.25) is 13.8 Å². The van der Waals surface area contributed by atoms with Crippen molar-refractivity contribution in [3.8, 4) is 0 Å². The Morgan fingerprint density at radius 2 is 0.966 bits per heavy atom. The predicted molar refractivity (Wildman–Crippen MR) is 254 cm³/mol. The van der Waals surface area contributed by atoms with Crippen molar-refractivity contribution in [3.63, 3.8) is 0 Å². The van der Waals surface area contributed by atoms with Gasteiger partial charge in [-0.1, -0.05) is 204 Å². The van der Waals surface area contributed by atoms with Gasteiger partial charge in [-0.15, -0.1) is 0 Å². The summed E-state index contributed by atoms with van der Waals surface area (Å²) in [5.74, 6) is -0.178. The van der Waals surface area contributed by atoms with Gasteiger partial charge < -0.3 is 19.8 Å². The van der Waals surface area contributed by atoms with E-state index in [2.05, 4.69) is 43.5 Å². The molecule has 8 nitrogen and oxygen atoms in total. The third-order valence-electron chi connectivity index (χ3n) is 11.1. The quantitative estimate of drug-likeness (QED) is 0.0244. The maximum absolute atomic E-state index is 12.9. The first-order chi connectivity index (χ1) is 28.5. The van der Waals surface area contributed by atoms with Gasteiger partial charge in [0.15, 0.2) is 0 Å². The van der Waals surface area contributed by atoms with Crippen molar-refractivity contribution in [2.45, 2.75) is 238 Å². The van der Waals surface area contributed by atoms with Crippen LogP contribution in [0, 0.1) is 0 Å². The second-order valence-corrected chi connectivity index (χ2v) is 19.6. The van der Waals surface area contributed by atoms with Crippen LogP contribution in [-0.4, -0.2) is 73.4 Å². The first kappa shape index (κ1) is 57.7. The molecule has 0 fully saturated rings. The summed E-state index contributed by atoms with van der Waals surface area (Å²) in [5, 5.41) is 13.8. The Kier molecular flexibility index (Phi) is 41.1. The number of unbranched alkanes of at least 4 members (excludes halogenated alkanes) is 28. The highest BCUT2D eigenvalue weighted by Crippen LogP contribution is 2.43. The SMILES string of the molecule is CCCCCCC/C=C\C/C=C\CCCCCCCCCCCCCCCCCC(=O)NC(COP(=O)(O)OCC[N+](C)(C)C)C(O)/C=C/CCCCCCCCCC. The molecule has 0 aliphatic heterocycles. The number of likely N-dealkylation sites (N-methyl/N-ethyl adjacent to an activating group) is 1. The number of phosphoric acid groups is 1. The number of rotatable bonds is 45. The number of aliphatic hydroxyl groups excluding tert-OH is 1. The molecule has 0 aliphatic rings. The predicted octanol–water partition coefficient (Wildman–Crippen LogP) is 14.3. The van der Waals surface area contributed by atoms with Crippen molar-refractivity contribution in [3.05, 3.63) is 36.5 Å². The molecule has 0 aromatic heterocycles. The average Bonchev–Trinajstić information content (AvgIpc) is 3.19. The standard InChI is InChI=1S/C50H97N2O6P/c1-6-8-10-12-14-16-18-19-20-21-22-23-24-25-26-27-28-29-30-31-32-33-34-36-38-40-42-44-50(54)51-48(47-58-59(55,56)57-46-45-52(3,4)5)49(53)43-41-39-37-35-17-15-13-11-9-7-2/h18-19,21-22,41,43,48-49,53H,6-17,20,23-40,42,44-47H2,1-5H3,(H-,51,54,55,56)/p+1/b19-18-,22-21-,43-41+. The molecule has 3 atom stereocenters. The largest absolute Gasteiger partial charge is 0.472 e. The third-order valence-corrected chi connectivity index (χ3v) is 12.1. The topological polar surface area (TPSA) is 105 Å². The van der Waals surface area contributed by atoms with Crippen LogP contribution >= 0.6 is 7.82 Å². The van der Waals surface area contributed by atoms with E-state index in [0.29, 0.717) is 17.4 Å². The van der Waals surface area contributed by atoms with E-state index >= 15 is 0 Å². The smallest absolute Gasteiger partial charge is 0.387 e. The Hall–Kier alpha value is -1.28. The monoisotopic (exact) mass is 854 g/mol. The highest BCUT2D eigenvalue weighted by molar-refractivity contribution is 7.47. The van der Waals surface area contributed by atoms with Crippen molar-refractivity contribution < 1.29 is 32.9 Å². The molecule has 59 heavy (non-hydrogen) atoms. The van der Waals surface area contributed by atoms with Gasteiger partial charge in [0.05, 0.1) is 39.9 Å². The van der Waals surface area contributed by atoms with Crippen molar-refractivity contribution in [1.29, 1.82) is 0 Å². The lowest BCUT2D eigenvalue weighted by Crippen LogP contribution is -2.45. The molecule has 0 bridgehead atoms. The first-order valence-electron chi connectivity index (χ1n) is 24.9. The van der Waals surface area contributed by atoms with Crippen molar-refractivity contribution in [2.24, 2.45) is 0 Å². The summed E-state index contributed by atoms with van der Waals surface area (Å²) in [6, 6.07) is -0.843. The molecule has 1 amide bonds. The zero-order valence-electron chi connectivity index (χ0n) is 39.5. The minimum atomic E-state index is -4.33. The Morgan fingerprint density at radius 1 is 0.576 bits per heavy atom. The molecule has 0 saturated carbocycles. The van der Waals surface area contributed by atoms with E-state index in [1.165, 1.54) is 161 Å². The van der Waals surface area contributed by atoms with Gasteiger partial charge in [0.25, 0.3) is 0 Å². The summed E-state index contributed by atoms with van der Waals surface area (Å²) in [6.07, 6.45) is 52.3. The molecule has 0 radical (unpaired) electrons. The fourth-order valence-electron chi connectivity index (χ4n) is 7.13. The molecule has 0 aliphatic carbocycles. The minimum Gasteiger partial charge on any atom is -0.387 e. The Balaban J connectivity index is 4.10. The number of aliphatic hydroxyl groups is 1. The van der Waals surface area contributed by atoms with Gasteiger partial charge in [-0.25, -0.2) is 4.57 Å². The fourth-order valence-corrected chi connectivity index (χ4v) is 7.87. The van der Waals surface area contributed by atoms with Gasteiger partial charge in [0.2, 0.25) is 5.91 Å². The molecule has 348 valence electrons. The molecule has 0 rings (SSSR count). The van der Waals surface area contributed by atoms with Crippen LogP contribution in [0.3, 0.4) is 0 Å². The molecule has 0 aromatic rings. The zero-order chi connectivity index (χ0) is 43.6. The number of allylic oxidation sites excluding steroid dienone is 5. The van der Waals surface area contributed by atoms with Crippen LogP contribution in [0.15, 0.2) is 36.5 Å². The molecule has 0 spiro atoms. The van der Waals surface area contributed by atoms with Crippen LogP contribution in [0.1, 0.15) is 226 Å². The Morgan fingerprint density at radius 3 is 1.39 bits per heavy atom. The van der Waals surface area contributed by atoms with Crippen molar-refractivity contribution in [2.75, 3.05) is 40.9 Å². The van der Waals surface area contributed by atoms with Gasteiger partial charge in [-0.2, -0.15) is 0 Å². The molecule has 3 unspecified atom stereocenters. The fraction of sp³-hybridized carbons (Fsp3) is 0.860. The number of nitrogens with one attached hydrogen (secondary N) is 1. The van der Waals surface area contributed by atoms with E-state index < -0.39 is 20.0 Å². The van der Waals surface area contributed by atoms with Crippen LogP contribution in [0.4, 0.5) is 0 Å². The molecule has 0 heterocycles. The van der Waals surface area contributed by atoms with Gasteiger partial charge in [0, 0.05) is 6.42 Å². The van der Waals surface area contributed by atoms with Crippen LogP contribution in [0.2, 0.25) is 0 Å². The van der Waals surface area contributed by atoms with E-state index in [-0.39, 0.29) is 19.1 Å². The number of carbonyl (C=O) groups excluding carboxylic acids is 1. The average molecular weight is 854 g/mol. The number of quaternary nitrogens is 1. The van der Waals surface area contributed by atoms with Crippen molar-refractivity contribution in [1.82, 2.24) is 5.32 Å². The van der Waals surface area contributed by atoms with Gasteiger partial charge in [0.1, 0.15) is 13.2 Å².